The molecule has 0 aromatic carbocycles. The molecule has 1 saturated heterocycles. The summed E-state index contributed by atoms with van der Waals surface area (Å²) in [7, 11) is 2.19. The lowest BCUT2D eigenvalue weighted by atomic mass is 9.79. The second-order valence-corrected chi connectivity index (χ2v) is 8.22. The van der Waals surface area contributed by atoms with Crippen molar-refractivity contribution in [3.63, 3.8) is 0 Å². The van der Waals surface area contributed by atoms with Gasteiger partial charge in [-0.05, 0) is 63.8 Å². The molecule has 0 aromatic rings. The standard InChI is InChI=1S/C21H35NO3/c1-14(9-10-23)7-6-8-15(2)21(24)25-20-11-18-16(3)12-22(5)13-19(18)17(20)4/h8-9,16-20,23H,6-7,10-13H2,1-5H3. The van der Waals surface area contributed by atoms with Gasteiger partial charge in [0.25, 0.3) is 0 Å². The molecular weight excluding hydrogens is 314 g/mol. The minimum Gasteiger partial charge on any atom is -0.459 e. The van der Waals surface area contributed by atoms with Gasteiger partial charge < -0.3 is 14.7 Å². The molecule has 2 rings (SSSR count). The first-order valence-electron chi connectivity index (χ1n) is 9.66. The van der Waals surface area contributed by atoms with Crippen LogP contribution in [0.3, 0.4) is 0 Å². The van der Waals surface area contributed by atoms with Crippen molar-refractivity contribution in [1.29, 1.82) is 0 Å². The number of fused-ring (bicyclic) bond motifs is 1. The second kappa shape index (κ2) is 9.00. The Balaban J connectivity index is 1.88. The number of carbonyl (C=O) groups is 1. The van der Waals surface area contributed by atoms with Gasteiger partial charge in [-0.2, -0.15) is 0 Å². The number of carbonyl (C=O) groups excluding carboxylic acids is 1. The average molecular weight is 350 g/mol. The molecule has 1 heterocycles. The van der Waals surface area contributed by atoms with Crippen LogP contribution in [0, 0.1) is 23.7 Å². The number of hydrogen-bond donors (Lipinski definition) is 1. The number of esters is 1. The van der Waals surface area contributed by atoms with E-state index < -0.39 is 0 Å². The quantitative estimate of drug-likeness (QED) is 0.453. The summed E-state index contributed by atoms with van der Waals surface area (Å²) in [6.45, 7) is 10.8. The number of likely N-dealkylation sites (tertiary alicyclic amines) is 1. The molecule has 5 unspecified atom stereocenters. The van der Waals surface area contributed by atoms with Gasteiger partial charge in [0.15, 0.2) is 0 Å². The Morgan fingerprint density at radius 3 is 2.60 bits per heavy atom. The maximum Gasteiger partial charge on any atom is 0.333 e. The zero-order valence-electron chi connectivity index (χ0n) is 16.5. The van der Waals surface area contributed by atoms with Crippen LogP contribution >= 0.6 is 0 Å². The summed E-state index contributed by atoms with van der Waals surface area (Å²) >= 11 is 0. The number of hydrogen-bond acceptors (Lipinski definition) is 4. The molecule has 0 radical (unpaired) electrons. The fourth-order valence-corrected chi connectivity index (χ4v) is 4.58. The third-order valence-electron chi connectivity index (χ3n) is 6.18. The molecule has 1 aliphatic heterocycles. The molecule has 25 heavy (non-hydrogen) atoms. The van der Waals surface area contributed by atoms with Crippen LogP contribution in [-0.4, -0.2) is 48.8 Å². The highest BCUT2D eigenvalue weighted by molar-refractivity contribution is 5.87. The Kier molecular flexibility index (Phi) is 7.26. The maximum absolute atomic E-state index is 12.4. The van der Waals surface area contributed by atoms with Crippen molar-refractivity contribution in [2.75, 3.05) is 26.7 Å². The van der Waals surface area contributed by atoms with Crippen molar-refractivity contribution in [2.45, 2.75) is 53.1 Å². The predicted molar refractivity (Wildman–Crippen MR) is 101 cm³/mol. The van der Waals surface area contributed by atoms with Crippen molar-refractivity contribution in [2.24, 2.45) is 23.7 Å². The highest BCUT2D eigenvalue weighted by Crippen LogP contribution is 2.45. The summed E-state index contributed by atoms with van der Waals surface area (Å²) < 4.78 is 5.89. The van der Waals surface area contributed by atoms with Gasteiger partial charge in [0, 0.05) is 18.7 Å². The van der Waals surface area contributed by atoms with E-state index >= 15 is 0 Å². The number of rotatable bonds is 6. The smallest absolute Gasteiger partial charge is 0.333 e. The van der Waals surface area contributed by atoms with Crippen LogP contribution in [0.4, 0.5) is 0 Å². The molecule has 5 atom stereocenters. The van der Waals surface area contributed by atoms with Crippen molar-refractivity contribution in [3.8, 4) is 0 Å². The number of ether oxygens (including phenoxy) is 1. The molecule has 2 aliphatic rings. The average Bonchev–Trinajstić information content (AvgIpc) is 2.84. The molecule has 142 valence electrons. The van der Waals surface area contributed by atoms with E-state index in [1.54, 1.807) is 0 Å². The van der Waals surface area contributed by atoms with Gasteiger partial charge in [0.2, 0.25) is 0 Å². The normalized spacial score (nSPS) is 34.1. The lowest BCUT2D eigenvalue weighted by Crippen LogP contribution is -2.42. The summed E-state index contributed by atoms with van der Waals surface area (Å²) in [6.07, 6.45) is 6.49. The largest absolute Gasteiger partial charge is 0.459 e. The highest BCUT2D eigenvalue weighted by Gasteiger charge is 2.47. The summed E-state index contributed by atoms with van der Waals surface area (Å²) in [5.41, 5.74) is 1.84. The monoisotopic (exact) mass is 349 g/mol. The Labute approximate surface area is 152 Å². The Morgan fingerprint density at radius 1 is 1.20 bits per heavy atom. The van der Waals surface area contributed by atoms with Crippen LogP contribution in [0.2, 0.25) is 0 Å². The first kappa shape index (κ1) is 20.2. The Bertz CT molecular complexity index is 525. The third kappa shape index (κ3) is 5.18. The molecule has 0 aromatic heterocycles. The first-order chi connectivity index (χ1) is 11.8. The lowest BCUT2D eigenvalue weighted by Gasteiger charge is -2.38. The van der Waals surface area contributed by atoms with Gasteiger partial charge in [-0.1, -0.05) is 31.6 Å². The highest BCUT2D eigenvalue weighted by atomic mass is 16.5. The molecule has 4 nitrogen and oxygen atoms in total. The zero-order valence-corrected chi connectivity index (χ0v) is 16.5. The van der Waals surface area contributed by atoms with E-state index in [0.717, 1.165) is 37.9 Å². The van der Waals surface area contributed by atoms with Crippen LogP contribution in [0.15, 0.2) is 23.3 Å². The van der Waals surface area contributed by atoms with Crippen molar-refractivity contribution in [1.82, 2.24) is 4.90 Å². The second-order valence-electron chi connectivity index (χ2n) is 8.22. The number of nitrogens with zero attached hydrogens (tertiary/aromatic N) is 1. The van der Waals surface area contributed by atoms with E-state index in [0.29, 0.717) is 29.2 Å². The molecule has 0 spiro atoms. The van der Waals surface area contributed by atoms with Gasteiger partial charge >= 0.3 is 5.97 Å². The van der Waals surface area contributed by atoms with E-state index in [4.69, 9.17) is 9.84 Å². The number of aliphatic hydroxyl groups is 1. The Hall–Kier alpha value is -1.13. The molecular formula is C21H35NO3. The number of piperidine rings is 1. The van der Waals surface area contributed by atoms with E-state index in [-0.39, 0.29) is 18.7 Å². The fourth-order valence-electron chi connectivity index (χ4n) is 4.58. The summed E-state index contributed by atoms with van der Waals surface area (Å²) in [5, 5.41) is 8.87. The molecule has 2 fully saturated rings. The van der Waals surface area contributed by atoms with E-state index in [1.807, 2.05) is 26.0 Å². The van der Waals surface area contributed by atoms with Gasteiger partial charge in [0.1, 0.15) is 6.10 Å². The molecule has 0 bridgehead atoms. The van der Waals surface area contributed by atoms with Gasteiger partial charge in [-0.3, -0.25) is 0 Å². The lowest BCUT2D eigenvalue weighted by molar-refractivity contribution is -0.146. The summed E-state index contributed by atoms with van der Waals surface area (Å²) in [5.74, 6) is 2.26. The van der Waals surface area contributed by atoms with Crippen molar-refractivity contribution >= 4 is 5.97 Å². The molecule has 1 aliphatic carbocycles. The number of allylic oxidation sites excluding steroid dienone is 2. The van der Waals surface area contributed by atoms with Crippen LogP contribution < -0.4 is 0 Å². The number of aliphatic hydroxyl groups excluding tert-OH is 1. The predicted octanol–water partition coefficient (Wildman–Crippen LogP) is 3.42. The van der Waals surface area contributed by atoms with E-state index in [1.165, 1.54) is 0 Å². The zero-order chi connectivity index (χ0) is 18.6. The van der Waals surface area contributed by atoms with Crippen LogP contribution in [0.5, 0.6) is 0 Å². The van der Waals surface area contributed by atoms with Gasteiger partial charge in [0.05, 0.1) is 6.61 Å². The molecule has 1 saturated carbocycles. The molecule has 4 heteroatoms. The topological polar surface area (TPSA) is 49.8 Å². The van der Waals surface area contributed by atoms with Crippen molar-refractivity contribution < 1.29 is 14.6 Å². The summed E-state index contributed by atoms with van der Waals surface area (Å²) in [6, 6.07) is 0. The molecule has 0 amide bonds. The maximum atomic E-state index is 12.4. The van der Waals surface area contributed by atoms with Crippen LogP contribution in [0.1, 0.15) is 47.0 Å². The molecule has 1 N–H and O–H groups in total. The minimum atomic E-state index is -0.166. The third-order valence-corrected chi connectivity index (χ3v) is 6.18. The van der Waals surface area contributed by atoms with Crippen LogP contribution in [0.25, 0.3) is 0 Å². The minimum absolute atomic E-state index is 0.0517. The van der Waals surface area contributed by atoms with E-state index in [2.05, 4.69) is 25.8 Å². The van der Waals surface area contributed by atoms with Crippen molar-refractivity contribution in [3.05, 3.63) is 23.3 Å². The van der Waals surface area contributed by atoms with E-state index in [9.17, 15) is 4.79 Å². The van der Waals surface area contributed by atoms with Crippen LogP contribution in [-0.2, 0) is 9.53 Å². The van der Waals surface area contributed by atoms with Gasteiger partial charge in [-0.25, -0.2) is 4.79 Å². The fraction of sp³-hybridized carbons (Fsp3) is 0.762. The SMILES string of the molecule is CC(=CCO)CCC=C(C)C(=O)OC1CC2C(C)CN(C)CC2C1C. The first-order valence-corrected chi connectivity index (χ1v) is 9.66. The van der Waals surface area contributed by atoms with Gasteiger partial charge in [-0.15, -0.1) is 0 Å². The Morgan fingerprint density at radius 2 is 1.92 bits per heavy atom. The summed E-state index contributed by atoms with van der Waals surface area (Å²) in [4.78, 5) is 14.9.